The maximum Gasteiger partial charge on any atom is 0.288 e. The number of aromatic nitrogens is 6. The molecule has 1 aliphatic rings. The van der Waals surface area contributed by atoms with Gasteiger partial charge in [0.25, 0.3) is 11.2 Å². The molecule has 12 nitrogen and oxygen atoms in total. The fourth-order valence-electron chi connectivity index (χ4n) is 3.50. The van der Waals surface area contributed by atoms with Crippen molar-refractivity contribution >= 4 is 17.3 Å². The highest BCUT2D eigenvalue weighted by molar-refractivity contribution is 5.75. The number of rotatable bonds is 3. The lowest BCUT2D eigenvalue weighted by Crippen LogP contribution is -2.29. The molecule has 0 amide bonds. The number of phenolic OH excluding ortho intramolecular Hbond substituents is 1. The molecule has 0 aliphatic carbocycles. The minimum absolute atomic E-state index is 0.0388. The number of benzene rings is 2. The second kappa shape index (κ2) is 6.48. The first-order valence-corrected chi connectivity index (χ1v) is 8.74. The van der Waals surface area contributed by atoms with Gasteiger partial charge in [-0.1, -0.05) is 17.2 Å². The topological polar surface area (TPSA) is 165 Å². The van der Waals surface area contributed by atoms with E-state index in [2.05, 4.69) is 31.0 Å². The number of aromatic hydroxyl groups is 1. The smallest absolute Gasteiger partial charge is 0.288 e. The summed E-state index contributed by atoms with van der Waals surface area (Å²) >= 11 is 0. The van der Waals surface area contributed by atoms with Gasteiger partial charge >= 0.3 is 0 Å². The Balaban J connectivity index is 1.78. The summed E-state index contributed by atoms with van der Waals surface area (Å²) in [6.45, 7) is 0. The fourth-order valence-corrected chi connectivity index (χ4v) is 3.50. The summed E-state index contributed by atoms with van der Waals surface area (Å²) in [6.07, 6.45) is 0. The van der Waals surface area contributed by atoms with Gasteiger partial charge in [-0.3, -0.25) is 14.9 Å². The molecule has 0 fully saturated rings. The van der Waals surface area contributed by atoms with Crippen LogP contribution >= 0.6 is 0 Å². The predicted molar refractivity (Wildman–Crippen MR) is 103 cm³/mol. The van der Waals surface area contributed by atoms with E-state index in [1.54, 1.807) is 30.3 Å². The first-order valence-electron chi connectivity index (χ1n) is 8.74. The number of hydrogen-bond donors (Lipinski definition) is 3. The second-order valence-corrected chi connectivity index (χ2v) is 6.56. The Hall–Kier alpha value is -4.61. The van der Waals surface area contributed by atoms with Gasteiger partial charge in [0.15, 0.2) is 0 Å². The van der Waals surface area contributed by atoms with E-state index in [0.717, 1.165) is 0 Å². The molecule has 1 unspecified atom stereocenters. The average Bonchev–Trinajstić information content (AvgIpc) is 3.21. The van der Waals surface area contributed by atoms with Crippen molar-refractivity contribution in [1.29, 1.82) is 0 Å². The van der Waals surface area contributed by atoms with Crippen LogP contribution in [0.25, 0.3) is 11.3 Å². The minimum atomic E-state index is -0.668. The van der Waals surface area contributed by atoms with E-state index in [9.17, 15) is 20.0 Å². The van der Waals surface area contributed by atoms with Crippen molar-refractivity contribution in [1.82, 2.24) is 30.4 Å². The van der Waals surface area contributed by atoms with Crippen LogP contribution in [-0.4, -0.2) is 40.4 Å². The van der Waals surface area contributed by atoms with Gasteiger partial charge in [0.1, 0.15) is 17.5 Å². The van der Waals surface area contributed by atoms with Crippen molar-refractivity contribution in [3.63, 3.8) is 0 Å². The highest BCUT2D eigenvalue weighted by Gasteiger charge is 2.34. The fraction of sp³-hybridized carbons (Fsp3) is 0.0556. The molecule has 0 saturated carbocycles. The minimum Gasteiger partial charge on any atom is -0.508 e. The molecule has 0 spiro atoms. The SMILES string of the molecule is O=c1[nH]nc(-c2ccc([N+](=O)[O-])cc2)c2c1Nc1nnnn1C2c1cccc(O)c1. The molecule has 5 rings (SSSR count). The zero-order valence-corrected chi connectivity index (χ0v) is 15.1. The van der Waals surface area contributed by atoms with Crippen molar-refractivity contribution in [2.45, 2.75) is 6.04 Å². The zero-order chi connectivity index (χ0) is 20.8. The van der Waals surface area contributed by atoms with Gasteiger partial charge in [0.05, 0.1) is 10.6 Å². The van der Waals surface area contributed by atoms with Gasteiger partial charge in [-0.05, 0) is 40.3 Å². The molecule has 12 heteroatoms. The van der Waals surface area contributed by atoms with Gasteiger partial charge in [-0.25, -0.2) is 5.10 Å². The molecule has 30 heavy (non-hydrogen) atoms. The van der Waals surface area contributed by atoms with Crippen LogP contribution in [0.2, 0.25) is 0 Å². The number of nitro benzene ring substituents is 1. The Bertz CT molecular complexity index is 1350. The number of nitro groups is 1. The lowest BCUT2D eigenvalue weighted by molar-refractivity contribution is -0.384. The quantitative estimate of drug-likeness (QED) is 0.300. The largest absolute Gasteiger partial charge is 0.508 e. The molecule has 2 aromatic heterocycles. The highest BCUT2D eigenvalue weighted by atomic mass is 16.6. The van der Waals surface area contributed by atoms with Crippen molar-refractivity contribution in [3.05, 3.63) is 80.1 Å². The van der Waals surface area contributed by atoms with Crippen molar-refractivity contribution in [2.24, 2.45) is 0 Å². The van der Waals surface area contributed by atoms with Crippen molar-refractivity contribution < 1.29 is 10.0 Å². The molecule has 1 atom stereocenters. The van der Waals surface area contributed by atoms with Crippen molar-refractivity contribution in [2.75, 3.05) is 5.32 Å². The molecule has 4 aromatic rings. The van der Waals surface area contributed by atoms with Gasteiger partial charge < -0.3 is 10.4 Å². The van der Waals surface area contributed by atoms with E-state index >= 15 is 0 Å². The third kappa shape index (κ3) is 2.66. The van der Waals surface area contributed by atoms with Gasteiger partial charge in [-0.15, -0.1) is 0 Å². The van der Waals surface area contributed by atoms with Crippen LogP contribution in [0.3, 0.4) is 0 Å². The van der Waals surface area contributed by atoms with Crippen LogP contribution in [0.5, 0.6) is 5.75 Å². The van der Waals surface area contributed by atoms with Crippen LogP contribution in [0, 0.1) is 10.1 Å². The Labute approximate surface area is 167 Å². The molecule has 3 N–H and O–H groups in total. The molecular weight excluding hydrogens is 392 g/mol. The third-order valence-electron chi connectivity index (χ3n) is 4.81. The van der Waals surface area contributed by atoms with Crippen LogP contribution in [0.1, 0.15) is 17.2 Å². The molecule has 0 radical (unpaired) electrons. The van der Waals surface area contributed by atoms with E-state index in [1.807, 2.05) is 0 Å². The summed E-state index contributed by atoms with van der Waals surface area (Å²) < 4.78 is 1.48. The number of aromatic amines is 1. The summed E-state index contributed by atoms with van der Waals surface area (Å²) in [5, 5.41) is 42.1. The maximum absolute atomic E-state index is 12.6. The van der Waals surface area contributed by atoms with E-state index in [0.29, 0.717) is 22.4 Å². The lowest BCUT2D eigenvalue weighted by Gasteiger charge is -2.27. The molecule has 1 aliphatic heterocycles. The lowest BCUT2D eigenvalue weighted by atomic mass is 9.92. The summed E-state index contributed by atoms with van der Waals surface area (Å²) in [6, 6.07) is 11.7. The summed E-state index contributed by atoms with van der Waals surface area (Å²) in [7, 11) is 0. The normalized spacial score (nSPS) is 14.5. The number of fused-ring (bicyclic) bond motifs is 2. The highest BCUT2D eigenvalue weighted by Crippen LogP contribution is 2.41. The van der Waals surface area contributed by atoms with E-state index in [1.165, 1.54) is 22.9 Å². The predicted octanol–water partition coefficient (Wildman–Crippen LogP) is 1.73. The van der Waals surface area contributed by atoms with Crippen LogP contribution in [0.15, 0.2) is 53.3 Å². The molecule has 148 valence electrons. The second-order valence-electron chi connectivity index (χ2n) is 6.56. The standard InChI is InChI=1S/C18H12N8O4/c27-12-3-1-2-10(8-12)16-13-14(9-4-6-11(7-5-9)26(29)30)20-21-17(28)15(13)19-18-22-23-24-25(16)18/h1-8,16,27H,(H,21,28)(H,19,22,24). The van der Waals surface area contributed by atoms with E-state index in [4.69, 9.17) is 0 Å². The Morgan fingerprint density at radius 1 is 1.17 bits per heavy atom. The maximum atomic E-state index is 12.6. The van der Waals surface area contributed by atoms with E-state index in [-0.39, 0.29) is 23.1 Å². The zero-order valence-electron chi connectivity index (χ0n) is 15.1. The monoisotopic (exact) mass is 404 g/mol. The molecule has 2 aromatic carbocycles. The number of H-pyrrole nitrogens is 1. The summed E-state index contributed by atoms with van der Waals surface area (Å²) in [5.74, 6) is 0.291. The van der Waals surface area contributed by atoms with Gasteiger partial charge in [0.2, 0.25) is 5.95 Å². The number of non-ortho nitro benzene ring substituents is 1. The molecule has 3 heterocycles. The molecule has 0 bridgehead atoms. The Morgan fingerprint density at radius 2 is 1.97 bits per heavy atom. The first kappa shape index (κ1) is 17.5. The van der Waals surface area contributed by atoms with Gasteiger partial charge in [-0.2, -0.15) is 9.78 Å². The summed E-state index contributed by atoms with van der Waals surface area (Å²) in [4.78, 5) is 23.1. The third-order valence-corrected chi connectivity index (χ3v) is 4.81. The molecular formula is C18H12N8O4. The number of tetrazole rings is 1. The Kier molecular flexibility index (Phi) is 3.78. The van der Waals surface area contributed by atoms with E-state index < -0.39 is 16.5 Å². The van der Waals surface area contributed by atoms with Crippen LogP contribution in [-0.2, 0) is 0 Å². The molecule has 0 saturated heterocycles. The summed E-state index contributed by atoms with van der Waals surface area (Å²) in [5.41, 5.74) is 1.70. The number of hydrogen-bond acceptors (Lipinski definition) is 9. The first-order chi connectivity index (χ1) is 14.5. The number of phenols is 1. The Morgan fingerprint density at radius 3 is 2.70 bits per heavy atom. The number of nitrogens with zero attached hydrogens (tertiary/aromatic N) is 6. The van der Waals surface area contributed by atoms with Gasteiger partial charge in [0, 0.05) is 23.3 Å². The average molecular weight is 404 g/mol. The number of anilines is 2. The van der Waals surface area contributed by atoms with Crippen molar-refractivity contribution in [3.8, 4) is 17.0 Å². The van der Waals surface area contributed by atoms with Crippen LogP contribution < -0.4 is 10.9 Å². The number of nitrogens with one attached hydrogen (secondary N) is 2. The van der Waals surface area contributed by atoms with Crippen LogP contribution in [0.4, 0.5) is 17.3 Å².